The number of hydrogen-bond donors (Lipinski definition) is 2. The molecule has 0 bridgehead atoms. The standard InChI is InChI=1S/C11H26O2Si2/c1-9(11(12)13)8-10(14(2,3)4)15(5,6)7/h10,12-13H,8H2,1-7H3. The highest BCUT2D eigenvalue weighted by Gasteiger charge is 2.37. The van der Waals surface area contributed by atoms with Gasteiger partial charge in [0.25, 0.3) is 5.95 Å². The molecule has 4 heteroatoms. The van der Waals surface area contributed by atoms with Crippen molar-refractivity contribution in [2.24, 2.45) is 0 Å². The van der Waals surface area contributed by atoms with Crippen LogP contribution in [0.15, 0.2) is 11.5 Å². The van der Waals surface area contributed by atoms with E-state index in [9.17, 15) is 0 Å². The first-order chi connectivity index (χ1) is 6.46. The molecule has 15 heavy (non-hydrogen) atoms. The fraction of sp³-hybridized carbons (Fsp3) is 0.818. The van der Waals surface area contributed by atoms with Crippen molar-refractivity contribution in [2.45, 2.75) is 57.8 Å². The molecule has 2 nitrogen and oxygen atoms in total. The first-order valence-electron chi connectivity index (χ1n) is 5.54. The van der Waals surface area contributed by atoms with Gasteiger partial charge in [-0.3, -0.25) is 0 Å². The predicted molar refractivity (Wildman–Crippen MR) is 73.0 cm³/mol. The van der Waals surface area contributed by atoms with Gasteiger partial charge in [-0.1, -0.05) is 39.3 Å². The molecule has 0 saturated heterocycles. The Labute approximate surface area is 96.0 Å². The van der Waals surface area contributed by atoms with E-state index in [4.69, 9.17) is 10.2 Å². The monoisotopic (exact) mass is 246 g/mol. The van der Waals surface area contributed by atoms with E-state index in [1.165, 1.54) is 0 Å². The fourth-order valence-electron chi connectivity index (χ4n) is 2.31. The van der Waals surface area contributed by atoms with Gasteiger partial charge in [-0.25, -0.2) is 0 Å². The van der Waals surface area contributed by atoms with E-state index >= 15 is 0 Å². The average molecular weight is 246 g/mol. The summed E-state index contributed by atoms with van der Waals surface area (Å²) in [6, 6.07) is 0. The van der Waals surface area contributed by atoms with Crippen LogP contribution in [0.5, 0.6) is 0 Å². The Balaban J connectivity index is 4.94. The van der Waals surface area contributed by atoms with Crippen molar-refractivity contribution >= 4 is 16.1 Å². The highest BCUT2D eigenvalue weighted by Crippen LogP contribution is 2.37. The van der Waals surface area contributed by atoms with E-state index in [0.29, 0.717) is 5.16 Å². The zero-order valence-electron chi connectivity index (χ0n) is 11.2. The molecule has 0 spiro atoms. The summed E-state index contributed by atoms with van der Waals surface area (Å²) in [7, 11) is -2.45. The zero-order chi connectivity index (χ0) is 12.4. The van der Waals surface area contributed by atoms with Crippen molar-refractivity contribution in [1.82, 2.24) is 0 Å². The normalized spacial score (nSPS) is 13.1. The van der Waals surface area contributed by atoms with Crippen LogP contribution in [0.4, 0.5) is 0 Å². The van der Waals surface area contributed by atoms with Crippen LogP contribution in [0.1, 0.15) is 13.3 Å². The van der Waals surface area contributed by atoms with Crippen LogP contribution in [0, 0.1) is 0 Å². The highest BCUT2D eigenvalue weighted by molar-refractivity contribution is 6.96. The van der Waals surface area contributed by atoms with Crippen molar-refractivity contribution < 1.29 is 10.2 Å². The van der Waals surface area contributed by atoms with Gasteiger partial charge >= 0.3 is 0 Å². The second kappa shape index (κ2) is 4.74. The van der Waals surface area contributed by atoms with E-state index in [-0.39, 0.29) is 0 Å². The molecule has 0 aromatic carbocycles. The Morgan fingerprint density at radius 3 is 1.47 bits per heavy atom. The molecule has 0 atom stereocenters. The molecule has 0 unspecified atom stereocenters. The predicted octanol–water partition coefficient (Wildman–Crippen LogP) is 4.31. The smallest absolute Gasteiger partial charge is 0.272 e. The zero-order valence-corrected chi connectivity index (χ0v) is 13.2. The number of aliphatic hydroxyl groups is 2. The van der Waals surface area contributed by atoms with Crippen LogP contribution in [0.3, 0.4) is 0 Å². The molecule has 0 heterocycles. The fourth-order valence-corrected chi connectivity index (χ4v) is 14.5. The molecule has 0 fully saturated rings. The lowest BCUT2D eigenvalue weighted by Gasteiger charge is -2.38. The van der Waals surface area contributed by atoms with E-state index < -0.39 is 22.1 Å². The van der Waals surface area contributed by atoms with E-state index in [1.807, 2.05) is 6.92 Å². The molecular weight excluding hydrogens is 220 g/mol. The highest BCUT2D eigenvalue weighted by atomic mass is 28.4. The van der Waals surface area contributed by atoms with Gasteiger partial charge in [-0.2, -0.15) is 0 Å². The molecule has 0 aliphatic carbocycles. The Kier molecular flexibility index (Phi) is 4.67. The number of rotatable bonds is 4. The third-order valence-corrected chi connectivity index (χ3v) is 12.8. The Bertz CT molecular complexity index is 228. The number of aliphatic hydroxyl groups excluding tert-OH is 1. The topological polar surface area (TPSA) is 40.5 Å². The summed E-state index contributed by atoms with van der Waals surface area (Å²) >= 11 is 0. The Hall–Kier alpha value is -0.226. The van der Waals surface area contributed by atoms with Gasteiger partial charge in [-0.15, -0.1) is 0 Å². The minimum atomic E-state index is -1.23. The van der Waals surface area contributed by atoms with Gasteiger partial charge < -0.3 is 10.2 Å². The molecule has 0 saturated carbocycles. The molecular formula is C11H26O2Si2. The third-order valence-electron chi connectivity index (χ3n) is 2.98. The summed E-state index contributed by atoms with van der Waals surface area (Å²) < 4.78 is 0. The van der Waals surface area contributed by atoms with Gasteiger partial charge in [0.05, 0.1) is 0 Å². The minimum Gasteiger partial charge on any atom is -0.481 e. The maximum Gasteiger partial charge on any atom is 0.272 e. The Morgan fingerprint density at radius 1 is 0.933 bits per heavy atom. The summed E-state index contributed by atoms with van der Waals surface area (Å²) in [6.07, 6.45) is 0.855. The van der Waals surface area contributed by atoms with Crippen LogP contribution in [0.2, 0.25) is 44.4 Å². The number of hydrogen-bond acceptors (Lipinski definition) is 2. The van der Waals surface area contributed by atoms with Gasteiger partial charge in [0.2, 0.25) is 0 Å². The second-order valence-electron chi connectivity index (χ2n) is 6.59. The molecule has 0 radical (unpaired) electrons. The lowest BCUT2D eigenvalue weighted by atomic mass is 10.2. The number of allylic oxidation sites excluding steroid dienone is 1. The first kappa shape index (κ1) is 14.8. The van der Waals surface area contributed by atoms with Crippen LogP contribution in [-0.2, 0) is 0 Å². The van der Waals surface area contributed by atoms with Crippen LogP contribution in [0.25, 0.3) is 0 Å². The molecule has 0 rings (SSSR count). The third kappa shape index (κ3) is 4.88. The summed E-state index contributed by atoms with van der Waals surface area (Å²) in [5.41, 5.74) is 0.741. The van der Waals surface area contributed by atoms with Gasteiger partial charge in [0.15, 0.2) is 0 Å². The molecule has 0 aliphatic heterocycles. The summed E-state index contributed by atoms with van der Waals surface area (Å²) in [5.74, 6) is -0.475. The molecule has 0 aromatic rings. The summed E-state index contributed by atoms with van der Waals surface area (Å²) in [5, 5.41) is 18.8. The van der Waals surface area contributed by atoms with Crippen molar-refractivity contribution in [3.63, 3.8) is 0 Å². The van der Waals surface area contributed by atoms with Crippen LogP contribution < -0.4 is 0 Å². The van der Waals surface area contributed by atoms with Gasteiger partial charge in [0, 0.05) is 21.7 Å². The lowest BCUT2D eigenvalue weighted by Crippen LogP contribution is -2.43. The first-order valence-corrected chi connectivity index (χ1v) is 12.7. The minimum absolute atomic E-state index is 0.475. The van der Waals surface area contributed by atoms with E-state index in [0.717, 1.165) is 12.0 Å². The van der Waals surface area contributed by atoms with E-state index in [2.05, 4.69) is 39.3 Å². The molecule has 0 aromatic heterocycles. The van der Waals surface area contributed by atoms with E-state index in [1.54, 1.807) is 0 Å². The second-order valence-corrected chi connectivity index (χ2v) is 18.0. The SMILES string of the molecule is CC(CC([Si](C)(C)C)[Si](C)(C)C)=C(O)O. The van der Waals surface area contributed by atoms with Crippen molar-refractivity contribution in [2.75, 3.05) is 0 Å². The summed E-state index contributed by atoms with van der Waals surface area (Å²) in [6.45, 7) is 16.1. The maximum atomic E-state index is 9.07. The van der Waals surface area contributed by atoms with Crippen molar-refractivity contribution in [3.05, 3.63) is 11.5 Å². The van der Waals surface area contributed by atoms with Crippen molar-refractivity contribution in [1.29, 1.82) is 0 Å². The summed E-state index contributed by atoms with van der Waals surface area (Å²) in [4.78, 5) is 0. The molecule has 90 valence electrons. The van der Waals surface area contributed by atoms with Gasteiger partial charge in [0.1, 0.15) is 0 Å². The van der Waals surface area contributed by atoms with Crippen LogP contribution >= 0.6 is 0 Å². The quantitative estimate of drug-likeness (QED) is 0.573. The largest absolute Gasteiger partial charge is 0.481 e. The maximum absolute atomic E-state index is 9.07. The van der Waals surface area contributed by atoms with Crippen LogP contribution in [-0.4, -0.2) is 26.4 Å². The average Bonchev–Trinajstić information content (AvgIpc) is 1.94. The van der Waals surface area contributed by atoms with Crippen molar-refractivity contribution in [3.8, 4) is 0 Å². The molecule has 2 N–H and O–H groups in total. The lowest BCUT2D eigenvalue weighted by molar-refractivity contribution is 0.183. The van der Waals surface area contributed by atoms with Gasteiger partial charge in [-0.05, 0) is 18.5 Å². The molecule has 0 amide bonds. The Morgan fingerprint density at radius 2 is 1.27 bits per heavy atom. The molecule has 0 aliphatic rings.